The van der Waals surface area contributed by atoms with E-state index in [4.69, 9.17) is 28.5 Å². The Balaban J connectivity index is 2.14. The van der Waals surface area contributed by atoms with Gasteiger partial charge in [0.05, 0.1) is 16.5 Å². The second kappa shape index (κ2) is 5.36. The SMILES string of the molecule is CC1(C#N)CCN(C(=O)c2nc(Cl)ccc2Cl)CC1. The lowest BCUT2D eigenvalue weighted by Crippen LogP contribution is -2.42. The van der Waals surface area contributed by atoms with Gasteiger partial charge in [-0.3, -0.25) is 4.79 Å². The van der Waals surface area contributed by atoms with Crippen molar-refractivity contribution in [3.8, 4) is 6.07 Å². The number of halogens is 2. The van der Waals surface area contributed by atoms with Crippen LogP contribution < -0.4 is 0 Å². The summed E-state index contributed by atoms with van der Waals surface area (Å²) in [5, 5.41) is 9.61. The fraction of sp³-hybridized carbons (Fsp3) is 0.462. The minimum atomic E-state index is -0.345. The molecule has 0 atom stereocenters. The zero-order valence-electron chi connectivity index (χ0n) is 10.5. The smallest absolute Gasteiger partial charge is 0.274 e. The first-order valence-electron chi connectivity index (χ1n) is 5.98. The Morgan fingerprint density at radius 3 is 2.63 bits per heavy atom. The molecule has 0 aliphatic carbocycles. The molecule has 1 fully saturated rings. The van der Waals surface area contributed by atoms with E-state index in [9.17, 15) is 4.79 Å². The number of carbonyl (C=O) groups excluding carboxylic acids is 1. The molecule has 1 aromatic heterocycles. The fourth-order valence-electron chi connectivity index (χ4n) is 2.03. The normalized spacial score (nSPS) is 17.9. The van der Waals surface area contributed by atoms with Crippen molar-refractivity contribution in [2.45, 2.75) is 19.8 Å². The summed E-state index contributed by atoms with van der Waals surface area (Å²) in [7, 11) is 0. The third kappa shape index (κ3) is 2.99. The van der Waals surface area contributed by atoms with Crippen LogP contribution in [0, 0.1) is 16.7 Å². The number of hydrogen-bond donors (Lipinski definition) is 0. The number of amides is 1. The van der Waals surface area contributed by atoms with Crippen molar-refractivity contribution < 1.29 is 4.79 Å². The number of aromatic nitrogens is 1. The maximum absolute atomic E-state index is 12.3. The summed E-state index contributed by atoms with van der Waals surface area (Å²) in [5.74, 6) is -0.229. The topological polar surface area (TPSA) is 57.0 Å². The second-order valence-electron chi connectivity index (χ2n) is 4.93. The van der Waals surface area contributed by atoms with E-state index in [-0.39, 0.29) is 22.2 Å². The van der Waals surface area contributed by atoms with Crippen molar-refractivity contribution in [1.82, 2.24) is 9.88 Å². The first-order chi connectivity index (χ1) is 8.95. The number of pyridine rings is 1. The van der Waals surface area contributed by atoms with Gasteiger partial charge in [0, 0.05) is 13.1 Å². The van der Waals surface area contributed by atoms with E-state index in [0.29, 0.717) is 31.0 Å². The molecule has 2 heterocycles. The Morgan fingerprint density at radius 2 is 2.05 bits per heavy atom. The second-order valence-corrected chi connectivity index (χ2v) is 5.72. The molecular formula is C13H13Cl2N3O. The minimum absolute atomic E-state index is 0.176. The molecule has 0 aromatic carbocycles. The molecule has 1 aromatic rings. The van der Waals surface area contributed by atoms with Gasteiger partial charge in [0.2, 0.25) is 0 Å². The van der Waals surface area contributed by atoms with Crippen LogP contribution in [0.1, 0.15) is 30.3 Å². The first kappa shape index (κ1) is 14.1. The quantitative estimate of drug-likeness (QED) is 0.748. The van der Waals surface area contributed by atoms with Gasteiger partial charge in [-0.25, -0.2) is 4.98 Å². The zero-order valence-corrected chi connectivity index (χ0v) is 12.0. The summed E-state index contributed by atoms with van der Waals surface area (Å²) >= 11 is 11.8. The number of piperidine rings is 1. The lowest BCUT2D eigenvalue weighted by atomic mass is 9.82. The average molecular weight is 298 g/mol. The molecule has 6 heteroatoms. The molecule has 0 unspecified atom stereocenters. The summed E-state index contributed by atoms with van der Waals surface area (Å²) in [6, 6.07) is 5.41. The zero-order chi connectivity index (χ0) is 14.0. The van der Waals surface area contributed by atoms with E-state index >= 15 is 0 Å². The molecule has 1 saturated heterocycles. The third-order valence-corrected chi connectivity index (χ3v) is 3.95. The molecule has 0 N–H and O–H groups in total. The summed E-state index contributed by atoms with van der Waals surface area (Å²) in [4.78, 5) is 18.0. The Morgan fingerprint density at radius 1 is 1.42 bits per heavy atom. The molecule has 4 nitrogen and oxygen atoms in total. The van der Waals surface area contributed by atoms with Gasteiger partial charge in [-0.05, 0) is 31.9 Å². The van der Waals surface area contributed by atoms with Crippen LogP contribution in [0.5, 0.6) is 0 Å². The Hall–Kier alpha value is -1.31. The van der Waals surface area contributed by atoms with Crippen LogP contribution in [0.4, 0.5) is 0 Å². The Labute approximate surface area is 121 Å². The van der Waals surface area contributed by atoms with Crippen LogP contribution in [0.15, 0.2) is 12.1 Å². The molecule has 1 amide bonds. The first-order valence-corrected chi connectivity index (χ1v) is 6.73. The average Bonchev–Trinajstić information content (AvgIpc) is 2.42. The predicted octanol–water partition coefficient (Wildman–Crippen LogP) is 3.15. The van der Waals surface area contributed by atoms with E-state index in [1.54, 1.807) is 17.0 Å². The van der Waals surface area contributed by atoms with Crippen molar-refractivity contribution in [1.29, 1.82) is 5.26 Å². The van der Waals surface area contributed by atoms with E-state index in [1.165, 1.54) is 0 Å². The molecule has 19 heavy (non-hydrogen) atoms. The molecule has 2 rings (SSSR count). The van der Waals surface area contributed by atoms with Gasteiger partial charge in [0.25, 0.3) is 5.91 Å². The molecule has 1 aliphatic heterocycles. The number of hydrogen-bond acceptors (Lipinski definition) is 3. The number of rotatable bonds is 1. The van der Waals surface area contributed by atoms with Crippen molar-refractivity contribution in [2.24, 2.45) is 5.41 Å². The Kier molecular flexibility index (Phi) is 3.98. The van der Waals surface area contributed by atoms with Crippen LogP contribution in [0.3, 0.4) is 0 Å². The highest BCUT2D eigenvalue weighted by Gasteiger charge is 2.33. The molecule has 0 radical (unpaired) electrons. The monoisotopic (exact) mass is 297 g/mol. The molecule has 1 aliphatic rings. The molecule has 0 saturated carbocycles. The molecule has 0 bridgehead atoms. The van der Waals surface area contributed by atoms with Gasteiger partial charge in [-0.1, -0.05) is 23.2 Å². The summed E-state index contributed by atoms with van der Waals surface area (Å²) in [6.07, 6.45) is 1.32. The maximum Gasteiger partial charge on any atom is 0.274 e. The van der Waals surface area contributed by atoms with Crippen LogP contribution in [-0.2, 0) is 0 Å². The van der Waals surface area contributed by atoms with Gasteiger partial charge in [0.1, 0.15) is 10.8 Å². The molecule has 100 valence electrons. The highest BCUT2D eigenvalue weighted by Crippen LogP contribution is 2.31. The minimum Gasteiger partial charge on any atom is -0.337 e. The highest BCUT2D eigenvalue weighted by atomic mass is 35.5. The molecular weight excluding hydrogens is 285 g/mol. The van der Waals surface area contributed by atoms with Crippen molar-refractivity contribution >= 4 is 29.1 Å². The highest BCUT2D eigenvalue weighted by molar-refractivity contribution is 6.34. The van der Waals surface area contributed by atoms with Gasteiger partial charge >= 0.3 is 0 Å². The van der Waals surface area contributed by atoms with Gasteiger partial charge < -0.3 is 4.90 Å². The van der Waals surface area contributed by atoms with Gasteiger partial charge in [-0.15, -0.1) is 0 Å². The number of nitrogens with zero attached hydrogens (tertiary/aromatic N) is 3. The van der Waals surface area contributed by atoms with E-state index in [2.05, 4.69) is 11.1 Å². The van der Waals surface area contributed by atoms with Crippen LogP contribution in [0.25, 0.3) is 0 Å². The third-order valence-electron chi connectivity index (χ3n) is 3.44. The summed E-state index contributed by atoms with van der Waals surface area (Å²) < 4.78 is 0. The van der Waals surface area contributed by atoms with E-state index < -0.39 is 0 Å². The summed E-state index contributed by atoms with van der Waals surface area (Å²) in [5.41, 5.74) is -0.169. The van der Waals surface area contributed by atoms with Crippen LogP contribution in [-0.4, -0.2) is 28.9 Å². The van der Waals surface area contributed by atoms with Crippen LogP contribution in [0.2, 0.25) is 10.2 Å². The maximum atomic E-state index is 12.3. The fourth-order valence-corrected chi connectivity index (χ4v) is 2.37. The van der Waals surface area contributed by atoms with Crippen LogP contribution >= 0.6 is 23.2 Å². The van der Waals surface area contributed by atoms with Crippen molar-refractivity contribution in [3.63, 3.8) is 0 Å². The summed E-state index contributed by atoms with van der Waals surface area (Å²) in [6.45, 7) is 2.99. The van der Waals surface area contributed by atoms with Crippen molar-refractivity contribution in [2.75, 3.05) is 13.1 Å². The van der Waals surface area contributed by atoms with Gasteiger partial charge in [0.15, 0.2) is 0 Å². The standard InChI is InChI=1S/C13H13Cl2N3O/c1-13(8-16)4-6-18(7-5-13)12(19)11-9(14)2-3-10(15)17-11/h2-3H,4-7H2,1H3. The number of carbonyl (C=O) groups is 1. The lowest BCUT2D eigenvalue weighted by molar-refractivity contribution is 0.0656. The largest absolute Gasteiger partial charge is 0.337 e. The van der Waals surface area contributed by atoms with E-state index in [0.717, 1.165) is 0 Å². The lowest BCUT2D eigenvalue weighted by Gasteiger charge is -2.34. The number of likely N-dealkylation sites (tertiary alicyclic amines) is 1. The van der Waals surface area contributed by atoms with E-state index in [1.807, 2.05) is 6.92 Å². The molecule has 0 spiro atoms. The number of nitriles is 1. The van der Waals surface area contributed by atoms with Gasteiger partial charge in [-0.2, -0.15) is 5.26 Å². The predicted molar refractivity (Wildman–Crippen MR) is 73.1 cm³/mol. The Bertz CT molecular complexity index is 545. The van der Waals surface area contributed by atoms with Crippen molar-refractivity contribution in [3.05, 3.63) is 28.0 Å².